The lowest BCUT2D eigenvalue weighted by Gasteiger charge is -2.37. The number of fused-ring (bicyclic) bond motifs is 1. The van der Waals surface area contributed by atoms with Crippen LogP contribution in [0.3, 0.4) is 0 Å². The zero-order valence-corrected chi connectivity index (χ0v) is 13.9. The highest BCUT2D eigenvalue weighted by atomic mass is 16.2. The van der Waals surface area contributed by atoms with Crippen molar-refractivity contribution >= 4 is 22.9 Å². The van der Waals surface area contributed by atoms with Crippen molar-refractivity contribution in [3.05, 3.63) is 12.7 Å². The molecule has 0 aliphatic heterocycles. The Balaban J connectivity index is 1.67. The molecule has 1 unspecified atom stereocenters. The summed E-state index contributed by atoms with van der Waals surface area (Å²) in [4.78, 5) is 27.9. The van der Waals surface area contributed by atoms with Crippen LogP contribution in [0.5, 0.6) is 0 Å². The van der Waals surface area contributed by atoms with E-state index in [1.807, 2.05) is 6.92 Å². The van der Waals surface area contributed by atoms with Crippen molar-refractivity contribution in [2.45, 2.75) is 46.1 Å². The van der Waals surface area contributed by atoms with E-state index in [4.69, 9.17) is 0 Å². The first-order valence-corrected chi connectivity index (χ1v) is 8.18. The summed E-state index contributed by atoms with van der Waals surface area (Å²) in [6.45, 7) is 6.87. The van der Waals surface area contributed by atoms with Crippen LogP contribution in [0.4, 0.5) is 5.82 Å². The number of aromatic nitrogens is 4. The Morgan fingerprint density at radius 3 is 2.78 bits per heavy atom. The Hall–Kier alpha value is -2.18. The van der Waals surface area contributed by atoms with Crippen LogP contribution >= 0.6 is 0 Å². The second-order valence-electron chi connectivity index (χ2n) is 6.94. The van der Waals surface area contributed by atoms with Crippen LogP contribution in [0.15, 0.2) is 12.7 Å². The number of nitrogens with one attached hydrogen (secondary N) is 3. The van der Waals surface area contributed by atoms with Gasteiger partial charge in [0.25, 0.3) is 0 Å². The molecule has 3 N–H and O–H groups in total. The molecule has 0 aromatic carbocycles. The predicted octanol–water partition coefficient (Wildman–Crippen LogP) is 2.10. The van der Waals surface area contributed by atoms with Crippen LogP contribution in [-0.2, 0) is 4.79 Å². The third-order valence-corrected chi connectivity index (χ3v) is 4.84. The largest absolute Gasteiger partial charge is 0.363 e. The van der Waals surface area contributed by atoms with Crippen LogP contribution in [0.25, 0.3) is 11.2 Å². The molecule has 0 spiro atoms. The molecule has 1 amide bonds. The van der Waals surface area contributed by atoms with E-state index in [2.05, 4.69) is 44.4 Å². The fourth-order valence-corrected chi connectivity index (χ4v) is 2.85. The molecule has 1 aliphatic rings. The van der Waals surface area contributed by atoms with Crippen molar-refractivity contribution in [2.24, 2.45) is 11.3 Å². The molecule has 0 bridgehead atoms. The van der Waals surface area contributed by atoms with Crippen molar-refractivity contribution in [3.8, 4) is 0 Å². The van der Waals surface area contributed by atoms with Gasteiger partial charge in [0.05, 0.1) is 6.33 Å². The Labute approximate surface area is 135 Å². The van der Waals surface area contributed by atoms with Gasteiger partial charge in [0.15, 0.2) is 11.5 Å². The third kappa shape index (κ3) is 3.13. The molecule has 1 aliphatic carbocycles. The van der Waals surface area contributed by atoms with Crippen LogP contribution in [0.2, 0.25) is 0 Å². The molecule has 0 radical (unpaired) electrons. The maximum atomic E-state index is 12.3. The number of hydrogen-bond acceptors (Lipinski definition) is 5. The summed E-state index contributed by atoms with van der Waals surface area (Å²) in [7, 11) is 0. The molecule has 23 heavy (non-hydrogen) atoms. The third-order valence-electron chi connectivity index (χ3n) is 4.84. The molecule has 1 atom stereocenters. The summed E-state index contributed by atoms with van der Waals surface area (Å²) in [5.41, 5.74) is 1.25. The zero-order valence-electron chi connectivity index (χ0n) is 13.9. The summed E-state index contributed by atoms with van der Waals surface area (Å²) in [5.74, 6) is 1.22. The molecule has 2 aromatic rings. The Morgan fingerprint density at radius 2 is 2.13 bits per heavy atom. The molecule has 3 rings (SSSR count). The zero-order chi connectivity index (χ0) is 16.4. The van der Waals surface area contributed by atoms with Gasteiger partial charge < -0.3 is 15.6 Å². The van der Waals surface area contributed by atoms with Gasteiger partial charge in [-0.3, -0.25) is 4.79 Å². The number of rotatable bonds is 6. The maximum absolute atomic E-state index is 12.3. The lowest BCUT2D eigenvalue weighted by atomic mass is 9.70. The maximum Gasteiger partial charge on any atom is 0.226 e. The van der Waals surface area contributed by atoms with Gasteiger partial charge >= 0.3 is 0 Å². The average molecular weight is 316 g/mol. The van der Waals surface area contributed by atoms with E-state index in [-0.39, 0.29) is 17.4 Å². The highest BCUT2D eigenvalue weighted by Crippen LogP contribution is 2.40. The second-order valence-corrected chi connectivity index (χ2v) is 6.94. The minimum atomic E-state index is -0.174. The predicted molar refractivity (Wildman–Crippen MR) is 88.9 cm³/mol. The van der Waals surface area contributed by atoms with Gasteiger partial charge in [-0.1, -0.05) is 27.2 Å². The van der Waals surface area contributed by atoms with Crippen molar-refractivity contribution in [2.75, 3.05) is 11.9 Å². The van der Waals surface area contributed by atoms with Crippen LogP contribution in [0, 0.1) is 11.3 Å². The normalized spacial score (nSPS) is 17.7. The molecule has 1 fully saturated rings. The fraction of sp³-hybridized carbons (Fsp3) is 0.625. The highest BCUT2D eigenvalue weighted by Gasteiger charge is 2.39. The first-order chi connectivity index (χ1) is 11.0. The van der Waals surface area contributed by atoms with Gasteiger partial charge in [-0.05, 0) is 18.8 Å². The summed E-state index contributed by atoms with van der Waals surface area (Å²) < 4.78 is 0. The van der Waals surface area contributed by atoms with Crippen molar-refractivity contribution in [3.63, 3.8) is 0 Å². The van der Waals surface area contributed by atoms with Crippen molar-refractivity contribution in [1.82, 2.24) is 25.3 Å². The minimum Gasteiger partial charge on any atom is -0.363 e. The van der Waals surface area contributed by atoms with E-state index < -0.39 is 0 Å². The molecule has 124 valence electrons. The first kappa shape index (κ1) is 15.7. The number of anilines is 1. The summed E-state index contributed by atoms with van der Waals surface area (Å²) in [6, 6.07) is 0.0871. The van der Waals surface area contributed by atoms with Crippen molar-refractivity contribution < 1.29 is 4.79 Å². The Kier molecular flexibility index (Phi) is 4.19. The molecule has 2 aromatic heterocycles. The monoisotopic (exact) mass is 316 g/mol. The van der Waals surface area contributed by atoms with Gasteiger partial charge in [-0.25, -0.2) is 15.0 Å². The Bertz CT molecular complexity index is 691. The van der Waals surface area contributed by atoms with Crippen LogP contribution in [-0.4, -0.2) is 38.4 Å². The molecule has 0 saturated heterocycles. The lowest BCUT2D eigenvalue weighted by molar-refractivity contribution is -0.134. The van der Waals surface area contributed by atoms with Crippen LogP contribution < -0.4 is 10.6 Å². The molecule has 1 saturated carbocycles. The molecular weight excluding hydrogens is 292 g/mol. The topological polar surface area (TPSA) is 95.6 Å². The molecule has 7 heteroatoms. The smallest absolute Gasteiger partial charge is 0.226 e. The summed E-state index contributed by atoms with van der Waals surface area (Å²) in [6.07, 6.45) is 6.22. The first-order valence-electron chi connectivity index (χ1n) is 8.18. The molecule has 2 heterocycles. The number of imidazole rings is 1. The highest BCUT2D eigenvalue weighted by molar-refractivity contribution is 5.83. The minimum absolute atomic E-state index is 0.0871. The van der Waals surface area contributed by atoms with Crippen molar-refractivity contribution in [1.29, 1.82) is 0 Å². The van der Waals surface area contributed by atoms with E-state index in [1.54, 1.807) is 6.33 Å². The van der Waals surface area contributed by atoms with Gasteiger partial charge in [-0.15, -0.1) is 0 Å². The number of nitrogens with zero attached hydrogens (tertiary/aromatic N) is 3. The average Bonchev–Trinajstić information content (AvgIpc) is 2.97. The van der Waals surface area contributed by atoms with E-state index in [0.717, 1.165) is 30.6 Å². The second kappa shape index (κ2) is 6.14. The molecule has 7 nitrogen and oxygen atoms in total. The van der Waals surface area contributed by atoms with Crippen LogP contribution in [0.1, 0.15) is 40.0 Å². The van der Waals surface area contributed by atoms with E-state index in [0.29, 0.717) is 18.1 Å². The van der Waals surface area contributed by atoms with E-state index >= 15 is 0 Å². The summed E-state index contributed by atoms with van der Waals surface area (Å²) in [5, 5.41) is 6.51. The van der Waals surface area contributed by atoms with Gasteiger partial charge in [0, 0.05) is 18.0 Å². The lowest BCUT2D eigenvalue weighted by Crippen LogP contribution is -2.48. The fourth-order valence-electron chi connectivity index (χ4n) is 2.85. The van der Waals surface area contributed by atoms with Gasteiger partial charge in [0.2, 0.25) is 5.91 Å². The van der Waals surface area contributed by atoms with Gasteiger partial charge in [-0.2, -0.15) is 0 Å². The number of hydrogen-bond donors (Lipinski definition) is 3. The number of carbonyl (C=O) groups is 1. The SMILES string of the molecule is CC(C)C(CNC(=O)C1(C)CCC1)Nc1ncnc2nc[nH]c12. The number of H-pyrrole nitrogens is 1. The number of carbonyl (C=O) groups excluding carboxylic acids is 1. The van der Waals surface area contributed by atoms with E-state index in [1.165, 1.54) is 6.33 Å². The van der Waals surface area contributed by atoms with Gasteiger partial charge in [0.1, 0.15) is 11.8 Å². The standard InChI is InChI=1S/C16H24N6O/c1-10(2)11(7-17-15(23)16(3)5-4-6-16)22-14-12-13(19-8-18-12)20-9-21-14/h8-11H,4-7H2,1-3H3,(H,17,23)(H2,18,19,20,21,22). The van der Waals surface area contributed by atoms with E-state index in [9.17, 15) is 4.79 Å². The quantitative estimate of drug-likeness (QED) is 0.758. The Morgan fingerprint density at radius 1 is 1.35 bits per heavy atom. The number of amides is 1. The summed E-state index contributed by atoms with van der Waals surface area (Å²) >= 11 is 0. The molecular formula is C16H24N6O. The number of aromatic amines is 1.